The molecule has 2 amide bonds. The van der Waals surface area contributed by atoms with Crippen molar-refractivity contribution < 1.29 is 14.7 Å². The molecule has 0 radical (unpaired) electrons. The van der Waals surface area contributed by atoms with Crippen molar-refractivity contribution in [1.82, 2.24) is 10.2 Å². The Morgan fingerprint density at radius 2 is 2.17 bits per heavy atom. The highest BCUT2D eigenvalue weighted by Crippen LogP contribution is 2.09. The Morgan fingerprint density at radius 3 is 2.61 bits per heavy atom. The molecule has 0 spiro atoms. The van der Waals surface area contributed by atoms with Gasteiger partial charge in [-0.25, -0.2) is 9.59 Å². The number of carboxylic acid groups (broad SMARTS) is 1. The summed E-state index contributed by atoms with van der Waals surface area (Å²) in [6, 6.07) is 0.704. The molecule has 0 saturated heterocycles. The fraction of sp³-hybridized carbons (Fsp3) is 0.500. The van der Waals surface area contributed by atoms with E-state index in [-0.39, 0.29) is 11.9 Å². The first-order valence-electron chi connectivity index (χ1n) is 5.67. The van der Waals surface area contributed by atoms with Gasteiger partial charge in [0.1, 0.15) is 6.04 Å². The van der Waals surface area contributed by atoms with E-state index in [9.17, 15) is 9.59 Å². The summed E-state index contributed by atoms with van der Waals surface area (Å²) in [5.74, 6) is -1.16. The molecule has 0 aliphatic heterocycles. The standard InChI is InChI=1S/C12H18N2O3S/c1-8(2)10(11(15)16)13-12(17)14(3)6-9-4-5-18-7-9/h4-5,7-8,10H,6H2,1-3H3,(H,13,17)(H,15,16). The summed E-state index contributed by atoms with van der Waals surface area (Å²) < 4.78 is 0. The van der Waals surface area contributed by atoms with Crippen molar-refractivity contribution in [1.29, 1.82) is 0 Å². The molecule has 1 rings (SSSR count). The van der Waals surface area contributed by atoms with Crippen molar-refractivity contribution in [2.45, 2.75) is 26.4 Å². The van der Waals surface area contributed by atoms with Gasteiger partial charge >= 0.3 is 12.0 Å². The Bertz CT molecular complexity index is 403. The molecule has 100 valence electrons. The average Bonchev–Trinajstić information content (AvgIpc) is 2.77. The number of rotatable bonds is 5. The summed E-state index contributed by atoms with van der Waals surface area (Å²) >= 11 is 1.56. The first-order chi connectivity index (χ1) is 8.41. The molecule has 0 bridgehead atoms. The Hall–Kier alpha value is -1.56. The van der Waals surface area contributed by atoms with Crippen LogP contribution < -0.4 is 5.32 Å². The monoisotopic (exact) mass is 270 g/mol. The van der Waals surface area contributed by atoms with Crippen molar-refractivity contribution in [3.8, 4) is 0 Å². The van der Waals surface area contributed by atoms with Gasteiger partial charge in [-0.05, 0) is 28.3 Å². The average molecular weight is 270 g/mol. The van der Waals surface area contributed by atoms with Gasteiger partial charge in [-0.1, -0.05) is 13.8 Å². The molecule has 0 aliphatic rings. The number of carbonyl (C=O) groups is 2. The van der Waals surface area contributed by atoms with Crippen molar-refractivity contribution in [3.63, 3.8) is 0 Å². The number of hydrogen-bond donors (Lipinski definition) is 2. The number of amides is 2. The summed E-state index contributed by atoms with van der Waals surface area (Å²) in [7, 11) is 1.65. The van der Waals surface area contributed by atoms with Gasteiger partial charge in [-0.2, -0.15) is 11.3 Å². The second kappa shape index (κ2) is 6.39. The van der Waals surface area contributed by atoms with Crippen molar-refractivity contribution in [2.75, 3.05) is 7.05 Å². The topological polar surface area (TPSA) is 69.6 Å². The number of aliphatic carboxylic acids is 1. The van der Waals surface area contributed by atoms with E-state index >= 15 is 0 Å². The minimum Gasteiger partial charge on any atom is -0.480 e. The highest BCUT2D eigenvalue weighted by atomic mass is 32.1. The number of carbonyl (C=O) groups excluding carboxylic acids is 1. The Morgan fingerprint density at radius 1 is 1.50 bits per heavy atom. The number of nitrogens with zero attached hydrogens (tertiary/aromatic N) is 1. The predicted octanol–water partition coefficient (Wildman–Crippen LogP) is 2.00. The molecule has 1 atom stereocenters. The first kappa shape index (κ1) is 14.5. The summed E-state index contributed by atoms with van der Waals surface area (Å²) in [6.07, 6.45) is 0. The van der Waals surface area contributed by atoms with Crippen LogP contribution in [0.4, 0.5) is 4.79 Å². The van der Waals surface area contributed by atoms with Gasteiger partial charge in [0, 0.05) is 13.6 Å². The van der Waals surface area contributed by atoms with Gasteiger partial charge < -0.3 is 15.3 Å². The van der Waals surface area contributed by atoms with Gasteiger partial charge in [-0.15, -0.1) is 0 Å². The molecule has 0 saturated carbocycles. The van der Waals surface area contributed by atoms with Crippen molar-refractivity contribution in [3.05, 3.63) is 22.4 Å². The van der Waals surface area contributed by atoms with E-state index in [1.807, 2.05) is 16.8 Å². The van der Waals surface area contributed by atoms with Crippen LogP contribution in [0.1, 0.15) is 19.4 Å². The van der Waals surface area contributed by atoms with Crippen LogP contribution in [0.25, 0.3) is 0 Å². The number of nitrogens with one attached hydrogen (secondary N) is 1. The van der Waals surface area contributed by atoms with E-state index in [0.29, 0.717) is 6.54 Å². The zero-order valence-corrected chi connectivity index (χ0v) is 11.5. The Kier molecular flexibility index (Phi) is 5.15. The Balaban J connectivity index is 2.56. The zero-order valence-electron chi connectivity index (χ0n) is 10.7. The molecule has 0 aliphatic carbocycles. The van der Waals surface area contributed by atoms with Crippen LogP contribution in [0.3, 0.4) is 0 Å². The van der Waals surface area contributed by atoms with Crippen molar-refractivity contribution >= 4 is 23.3 Å². The normalized spacial score (nSPS) is 12.2. The summed E-state index contributed by atoms with van der Waals surface area (Å²) in [4.78, 5) is 24.3. The number of carboxylic acids is 1. The van der Waals surface area contributed by atoms with Crippen LogP contribution in [-0.4, -0.2) is 35.1 Å². The minimum absolute atomic E-state index is 0.152. The maximum Gasteiger partial charge on any atom is 0.326 e. The number of hydrogen-bond acceptors (Lipinski definition) is 3. The molecule has 0 fully saturated rings. The fourth-order valence-electron chi connectivity index (χ4n) is 1.49. The molecular formula is C12H18N2O3S. The van der Waals surface area contributed by atoms with Gasteiger partial charge in [0.15, 0.2) is 0 Å². The lowest BCUT2D eigenvalue weighted by molar-refractivity contribution is -0.140. The van der Waals surface area contributed by atoms with Crippen LogP contribution in [0.5, 0.6) is 0 Å². The molecular weight excluding hydrogens is 252 g/mol. The van der Waals surface area contributed by atoms with Crippen LogP contribution >= 0.6 is 11.3 Å². The van der Waals surface area contributed by atoms with Gasteiger partial charge in [0.05, 0.1) is 0 Å². The van der Waals surface area contributed by atoms with E-state index in [1.54, 1.807) is 32.2 Å². The summed E-state index contributed by atoms with van der Waals surface area (Å²) in [5.41, 5.74) is 1.04. The highest BCUT2D eigenvalue weighted by Gasteiger charge is 2.24. The van der Waals surface area contributed by atoms with Gasteiger partial charge in [0.25, 0.3) is 0 Å². The van der Waals surface area contributed by atoms with E-state index in [1.165, 1.54) is 4.90 Å². The number of thiophene rings is 1. The van der Waals surface area contributed by atoms with Crippen molar-refractivity contribution in [2.24, 2.45) is 5.92 Å². The fourth-order valence-corrected chi connectivity index (χ4v) is 2.14. The zero-order chi connectivity index (χ0) is 13.7. The molecule has 6 heteroatoms. The summed E-state index contributed by atoms with van der Waals surface area (Å²) in [5, 5.41) is 15.4. The molecule has 18 heavy (non-hydrogen) atoms. The molecule has 5 nitrogen and oxygen atoms in total. The largest absolute Gasteiger partial charge is 0.480 e. The highest BCUT2D eigenvalue weighted by molar-refractivity contribution is 7.07. The third kappa shape index (κ3) is 4.03. The first-order valence-corrected chi connectivity index (χ1v) is 6.61. The predicted molar refractivity (Wildman–Crippen MR) is 70.6 cm³/mol. The third-order valence-corrected chi connectivity index (χ3v) is 3.29. The quantitative estimate of drug-likeness (QED) is 0.859. The molecule has 1 aromatic rings. The van der Waals surface area contributed by atoms with E-state index in [4.69, 9.17) is 5.11 Å². The third-order valence-electron chi connectivity index (χ3n) is 2.56. The second-order valence-corrected chi connectivity index (χ2v) is 5.28. The van der Waals surface area contributed by atoms with E-state index in [0.717, 1.165) is 5.56 Å². The van der Waals surface area contributed by atoms with Crippen LogP contribution in [0, 0.1) is 5.92 Å². The minimum atomic E-state index is -1.01. The lowest BCUT2D eigenvalue weighted by Gasteiger charge is -2.23. The summed E-state index contributed by atoms with van der Waals surface area (Å²) in [6.45, 7) is 4.00. The Labute approximate surface area is 110 Å². The van der Waals surface area contributed by atoms with Crippen LogP contribution in [0.15, 0.2) is 16.8 Å². The van der Waals surface area contributed by atoms with Gasteiger partial charge in [-0.3, -0.25) is 0 Å². The SMILES string of the molecule is CC(C)C(NC(=O)N(C)Cc1ccsc1)C(=O)O. The number of urea groups is 1. The van der Waals surface area contributed by atoms with E-state index < -0.39 is 12.0 Å². The van der Waals surface area contributed by atoms with Crippen LogP contribution in [-0.2, 0) is 11.3 Å². The second-order valence-electron chi connectivity index (χ2n) is 4.50. The maximum atomic E-state index is 11.8. The lowest BCUT2D eigenvalue weighted by atomic mass is 10.1. The maximum absolute atomic E-state index is 11.8. The van der Waals surface area contributed by atoms with E-state index in [2.05, 4.69) is 5.32 Å². The van der Waals surface area contributed by atoms with Crippen LogP contribution in [0.2, 0.25) is 0 Å². The van der Waals surface area contributed by atoms with Gasteiger partial charge in [0.2, 0.25) is 0 Å². The molecule has 2 N–H and O–H groups in total. The molecule has 1 heterocycles. The lowest BCUT2D eigenvalue weighted by Crippen LogP contribution is -2.48. The smallest absolute Gasteiger partial charge is 0.326 e. The molecule has 1 aromatic heterocycles. The molecule has 0 aromatic carbocycles. The molecule has 1 unspecified atom stereocenters.